The molecular formula is C10H18N4O. The minimum absolute atomic E-state index is 0.0523. The van der Waals surface area contributed by atoms with Gasteiger partial charge in [-0.1, -0.05) is 13.3 Å². The quantitative estimate of drug-likeness (QED) is 0.745. The van der Waals surface area contributed by atoms with Crippen LogP contribution in [-0.4, -0.2) is 29.3 Å². The molecule has 15 heavy (non-hydrogen) atoms. The fraction of sp³-hybridized carbons (Fsp3) is 0.600. The van der Waals surface area contributed by atoms with Crippen molar-refractivity contribution in [1.29, 1.82) is 0 Å². The molecule has 0 unspecified atom stereocenters. The first-order valence-corrected chi connectivity index (χ1v) is 5.14. The Morgan fingerprint density at radius 1 is 1.60 bits per heavy atom. The van der Waals surface area contributed by atoms with Crippen LogP contribution in [0.25, 0.3) is 0 Å². The van der Waals surface area contributed by atoms with Crippen LogP contribution >= 0.6 is 0 Å². The summed E-state index contributed by atoms with van der Waals surface area (Å²) in [6, 6.07) is 1.91. The van der Waals surface area contributed by atoms with Crippen molar-refractivity contribution in [3.05, 3.63) is 11.8 Å². The number of likely N-dealkylation sites (N-methyl/N-ethyl adjacent to an activating group) is 1. The highest BCUT2D eigenvalue weighted by molar-refractivity contribution is 5.91. The van der Waals surface area contributed by atoms with Crippen LogP contribution in [0.4, 0.5) is 5.82 Å². The molecule has 1 amide bonds. The Kier molecular flexibility index (Phi) is 4.30. The number of carbonyl (C=O) groups excluding carboxylic acids is 1. The number of rotatable bonds is 5. The van der Waals surface area contributed by atoms with Crippen LogP contribution < -0.4 is 10.6 Å². The van der Waals surface area contributed by atoms with E-state index in [-0.39, 0.29) is 5.91 Å². The largest absolute Gasteiger partial charge is 0.311 e. The van der Waals surface area contributed by atoms with Gasteiger partial charge in [0.15, 0.2) is 0 Å². The first-order valence-electron chi connectivity index (χ1n) is 5.14. The molecule has 0 fully saturated rings. The molecule has 0 atom stereocenters. The molecule has 84 valence electrons. The summed E-state index contributed by atoms with van der Waals surface area (Å²) in [6.07, 6.45) is 2.00. The zero-order valence-corrected chi connectivity index (χ0v) is 9.50. The number of hydrogen-bond donors (Lipinski definition) is 2. The zero-order chi connectivity index (χ0) is 11.3. The Hall–Kier alpha value is -1.36. The molecule has 2 N–H and O–H groups in total. The monoisotopic (exact) mass is 210 g/mol. The van der Waals surface area contributed by atoms with E-state index in [0.717, 1.165) is 24.4 Å². The summed E-state index contributed by atoms with van der Waals surface area (Å²) in [5.74, 6) is 0.697. The maximum absolute atomic E-state index is 11.3. The zero-order valence-electron chi connectivity index (χ0n) is 9.50. The standard InChI is InChI=1S/C10H18N4O/c1-4-5-8-6-9(14(3)13-8)12-10(15)7-11-2/h6,11H,4-5,7H2,1-3H3,(H,12,15). The molecule has 5 nitrogen and oxygen atoms in total. The first-order chi connectivity index (χ1) is 7.17. The number of aromatic nitrogens is 2. The maximum atomic E-state index is 11.3. The van der Waals surface area contributed by atoms with Gasteiger partial charge in [-0.2, -0.15) is 5.10 Å². The first kappa shape index (κ1) is 11.7. The van der Waals surface area contributed by atoms with Gasteiger partial charge in [0, 0.05) is 13.1 Å². The average molecular weight is 210 g/mol. The molecule has 1 rings (SSSR count). The lowest BCUT2D eigenvalue weighted by Gasteiger charge is -2.03. The number of nitrogens with one attached hydrogen (secondary N) is 2. The number of anilines is 1. The molecule has 0 saturated carbocycles. The fourth-order valence-corrected chi connectivity index (χ4v) is 1.37. The minimum atomic E-state index is -0.0523. The highest BCUT2D eigenvalue weighted by Gasteiger charge is 2.07. The van der Waals surface area contributed by atoms with E-state index in [9.17, 15) is 4.79 Å². The van der Waals surface area contributed by atoms with E-state index in [1.165, 1.54) is 0 Å². The van der Waals surface area contributed by atoms with Crippen molar-refractivity contribution in [3.8, 4) is 0 Å². The molecule has 1 aromatic rings. The summed E-state index contributed by atoms with van der Waals surface area (Å²) in [5.41, 5.74) is 1.01. The second kappa shape index (κ2) is 5.50. The lowest BCUT2D eigenvalue weighted by molar-refractivity contribution is -0.115. The summed E-state index contributed by atoms with van der Waals surface area (Å²) in [6.45, 7) is 2.42. The van der Waals surface area contributed by atoms with E-state index in [2.05, 4.69) is 22.7 Å². The van der Waals surface area contributed by atoms with Gasteiger partial charge >= 0.3 is 0 Å². The van der Waals surface area contributed by atoms with Crippen LogP contribution in [0.15, 0.2) is 6.07 Å². The number of nitrogens with zero attached hydrogens (tertiary/aromatic N) is 2. The molecular weight excluding hydrogens is 192 g/mol. The summed E-state index contributed by atoms with van der Waals surface area (Å²) in [7, 11) is 3.57. The van der Waals surface area contributed by atoms with E-state index >= 15 is 0 Å². The van der Waals surface area contributed by atoms with Gasteiger partial charge in [-0.05, 0) is 13.5 Å². The molecule has 0 aliphatic rings. The molecule has 0 bridgehead atoms. The average Bonchev–Trinajstić information content (AvgIpc) is 2.48. The molecule has 0 spiro atoms. The van der Waals surface area contributed by atoms with Gasteiger partial charge in [-0.25, -0.2) is 0 Å². The Balaban J connectivity index is 2.64. The third-order valence-electron chi connectivity index (χ3n) is 2.04. The number of amides is 1. The van der Waals surface area contributed by atoms with Crippen LogP contribution in [0, 0.1) is 0 Å². The molecule has 1 heterocycles. The molecule has 1 aromatic heterocycles. The minimum Gasteiger partial charge on any atom is -0.311 e. The van der Waals surface area contributed by atoms with Crippen molar-refractivity contribution in [1.82, 2.24) is 15.1 Å². The van der Waals surface area contributed by atoms with E-state index in [0.29, 0.717) is 6.54 Å². The lowest BCUT2D eigenvalue weighted by atomic mass is 10.2. The topological polar surface area (TPSA) is 59.0 Å². The Bertz CT molecular complexity index is 332. The summed E-state index contributed by atoms with van der Waals surface area (Å²) in [4.78, 5) is 11.3. The maximum Gasteiger partial charge on any atom is 0.239 e. The molecule has 0 aliphatic carbocycles. The van der Waals surface area contributed by atoms with Gasteiger partial charge in [0.2, 0.25) is 5.91 Å². The second-order valence-corrected chi connectivity index (χ2v) is 3.47. The SMILES string of the molecule is CCCc1cc(NC(=O)CNC)n(C)n1. The third kappa shape index (κ3) is 3.36. The third-order valence-corrected chi connectivity index (χ3v) is 2.04. The van der Waals surface area contributed by atoms with Gasteiger partial charge in [0.1, 0.15) is 5.82 Å². The Morgan fingerprint density at radius 3 is 2.93 bits per heavy atom. The van der Waals surface area contributed by atoms with Crippen molar-refractivity contribution in [2.24, 2.45) is 7.05 Å². The highest BCUT2D eigenvalue weighted by atomic mass is 16.2. The van der Waals surface area contributed by atoms with Gasteiger partial charge < -0.3 is 10.6 Å². The summed E-state index contributed by atoms with van der Waals surface area (Å²) in [5, 5.41) is 9.88. The van der Waals surface area contributed by atoms with Gasteiger partial charge in [0.05, 0.1) is 12.2 Å². The van der Waals surface area contributed by atoms with Crippen LogP contribution in [-0.2, 0) is 18.3 Å². The lowest BCUT2D eigenvalue weighted by Crippen LogP contribution is -2.25. The smallest absolute Gasteiger partial charge is 0.239 e. The molecule has 0 aliphatic heterocycles. The molecule has 0 aromatic carbocycles. The van der Waals surface area contributed by atoms with Gasteiger partial charge in [-0.3, -0.25) is 9.48 Å². The van der Waals surface area contributed by atoms with E-state index < -0.39 is 0 Å². The van der Waals surface area contributed by atoms with Crippen molar-refractivity contribution in [2.45, 2.75) is 19.8 Å². The predicted octanol–water partition coefficient (Wildman–Crippen LogP) is 0.530. The van der Waals surface area contributed by atoms with E-state index in [4.69, 9.17) is 0 Å². The van der Waals surface area contributed by atoms with Crippen LogP contribution in [0.1, 0.15) is 19.0 Å². The molecule has 5 heteroatoms. The van der Waals surface area contributed by atoms with Gasteiger partial charge in [-0.15, -0.1) is 0 Å². The van der Waals surface area contributed by atoms with Crippen LogP contribution in [0.5, 0.6) is 0 Å². The van der Waals surface area contributed by atoms with E-state index in [1.807, 2.05) is 13.1 Å². The van der Waals surface area contributed by atoms with Crippen LogP contribution in [0.2, 0.25) is 0 Å². The van der Waals surface area contributed by atoms with Gasteiger partial charge in [0.25, 0.3) is 0 Å². The van der Waals surface area contributed by atoms with Crippen molar-refractivity contribution in [2.75, 3.05) is 18.9 Å². The van der Waals surface area contributed by atoms with Crippen molar-refractivity contribution >= 4 is 11.7 Å². The Labute approximate surface area is 89.9 Å². The fourth-order valence-electron chi connectivity index (χ4n) is 1.37. The number of aryl methyl sites for hydroxylation is 2. The van der Waals surface area contributed by atoms with Crippen LogP contribution in [0.3, 0.4) is 0 Å². The highest BCUT2D eigenvalue weighted by Crippen LogP contribution is 2.10. The normalized spacial score (nSPS) is 10.3. The predicted molar refractivity (Wildman–Crippen MR) is 59.8 cm³/mol. The summed E-state index contributed by atoms with van der Waals surface area (Å²) < 4.78 is 1.69. The summed E-state index contributed by atoms with van der Waals surface area (Å²) >= 11 is 0. The number of hydrogen-bond acceptors (Lipinski definition) is 3. The second-order valence-electron chi connectivity index (χ2n) is 3.47. The van der Waals surface area contributed by atoms with Crippen molar-refractivity contribution < 1.29 is 4.79 Å². The Morgan fingerprint density at radius 2 is 2.33 bits per heavy atom. The molecule has 0 radical (unpaired) electrons. The van der Waals surface area contributed by atoms with E-state index in [1.54, 1.807) is 11.7 Å². The molecule has 0 saturated heterocycles. The van der Waals surface area contributed by atoms with Crippen molar-refractivity contribution in [3.63, 3.8) is 0 Å². The number of carbonyl (C=O) groups is 1.